The molecular weight excluding hydrogens is 841 g/mol. The SMILES string of the molecule is c1ccc(-c2cccc(-c3nc(-c4ccc(-c5ccc(-c6nc7ccccc7c7c(-c8ccccc8)c8c(cc67)oc6ccccc68)cc5)cc4)nc(-c4cccc(-c5ccccc5)c4)n3)c2)cc1. The minimum atomic E-state index is 0.606. The van der Waals surface area contributed by atoms with Gasteiger partial charge in [-0.2, -0.15) is 0 Å². The van der Waals surface area contributed by atoms with Crippen LogP contribution in [-0.4, -0.2) is 19.9 Å². The van der Waals surface area contributed by atoms with E-state index in [4.69, 9.17) is 24.4 Å². The molecule has 0 radical (unpaired) electrons. The zero-order valence-corrected chi connectivity index (χ0v) is 37.3. The maximum absolute atomic E-state index is 6.60. The van der Waals surface area contributed by atoms with Crippen molar-refractivity contribution >= 4 is 43.6 Å². The Hall–Kier alpha value is -9.32. The van der Waals surface area contributed by atoms with Crippen LogP contribution in [0.4, 0.5) is 0 Å². The summed E-state index contributed by atoms with van der Waals surface area (Å²) in [5, 5.41) is 5.54. The Labute approximate surface area is 398 Å². The number of furan rings is 1. The van der Waals surface area contributed by atoms with E-state index in [9.17, 15) is 0 Å². The highest BCUT2D eigenvalue weighted by Crippen LogP contribution is 2.46. The number of fused-ring (bicyclic) bond motifs is 6. The van der Waals surface area contributed by atoms with Gasteiger partial charge in [0.25, 0.3) is 0 Å². The van der Waals surface area contributed by atoms with Crippen LogP contribution in [0.3, 0.4) is 0 Å². The standard InChI is InChI=1S/C64H40N4O/c1-4-16-41(17-5-1)48-22-14-24-50(38-48)63-66-62(67-64(68-63)51-25-15-23-49(39-51)42-18-6-2-7-19-42)47-36-32-44(33-37-47)43-30-34-46(35-31-43)61-54-40-57-60(53-27-11-13-29-56(53)69-57)58(45-20-8-3-9-21-45)59(54)52-26-10-12-28-55(52)65-61/h1-40H. The molecule has 13 aromatic rings. The molecule has 0 aliphatic heterocycles. The van der Waals surface area contributed by atoms with E-state index in [2.05, 4.69) is 218 Å². The zero-order chi connectivity index (χ0) is 45.7. The molecule has 10 aromatic carbocycles. The van der Waals surface area contributed by atoms with Crippen LogP contribution in [0.1, 0.15) is 0 Å². The van der Waals surface area contributed by atoms with Crippen LogP contribution in [0.25, 0.3) is 134 Å². The van der Waals surface area contributed by atoms with Gasteiger partial charge in [-0.25, -0.2) is 19.9 Å². The van der Waals surface area contributed by atoms with Crippen molar-refractivity contribution in [1.29, 1.82) is 0 Å². The third kappa shape index (κ3) is 7.30. The van der Waals surface area contributed by atoms with Gasteiger partial charge in [-0.05, 0) is 69.3 Å². The van der Waals surface area contributed by atoms with Crippen LogP contribution >= 0.6 is 0 Å². The molecule has 3 heterocycles. The summed E-state index contributed by atoms with van der Waals surface area (Å²) in [6.07, 6.45) is 0. The number of aromatic nitrogens is 4. The van der Waals surface area contributed by atoms with Crippen molar-refractivity contribution in [2.45, 2.75) is 0 Å². The Morgan fingerprint density at radius 1 is 0.246 bits per heavy atom. The number of pyridine rings is 1. The maximum Gasteiger partial charge on any atom is 0.164 e. The molecule has 0 aliphatic carbocycles. The van der Waals surface area contributed by atoms with Gasteiger partial charge in [0, 0.05) is 54.7 Å². The van der Waals surface area contributed by atoms with Gasteiger partial charge in [0.2, 0.25) is 0 Å². The van der Waals surface area contributed by atoms with Gasteiger partial charge in [-0.3, -0.25) is 0 Å². The van der Waals surface area contributed by atoms with Crippen LogP contribution in [0.15, 0.2) is 247 Å². The minimum Gasteiger partial charge on any atom is -0.456 e. The molecule has 322 valence electrons. The number of para-hydroxylation sites is 2. The minimum absolute atomic E-state index is 0.606. The predicted molar refractivity (Wildman–Crippen MR) is 283 cm³/mol. The average molecular weight is 881 g/mol. The second-order valence-corrected chi connectivity index (χ2v) is 17.3. The lowest BCUT2D eigenvalue weighted by molar-refractivity contribution is 0.669. The van der Waals surface area contributed by atoms with E-state index in [-0.39, 0.29) is 0 Å². The van der Waals surface area contributed by atoms with E-state index in [0.29, 0.717) is 17.5 Å². The Morgan fingerprint density at radius 2 is 0.681 bits per heavy atom. The van der Waals surface area contributed by atoms with Crippen molar-refractivity contribution in [2.75, 3.05) is 0 Å². The van der Waals surface area contributed by atoms with Crippen LogP contribution in [0.2, 0.25) is 0 Å². The molecule has 0 aliphatic rings. The fourth-order valence-electron chi connectivity index (χ4n) is 9.76. The summed E-state index contributed by atoms with van der Waals surface area (Å²) in [6.45, 7) is 0. The molecule has 0 saturated heterocycles. The lowest BCUT2D eigenvalue weighted by atomic mass is 9.89. The van der Waals surface area contributed by atoms with Crippen LogP contribution < -0.4 is 0 Å². The smallest absolute Gasteiger partial charge is 0.164 e. The molecule has 0 amide bonds. The zero-order valence-electron chi connectivity index (χ0n) is 37.3. The fraction of sp³-hybridized carbons (Fsp3) is 0. The summed E-state index contributed by atoms with van der Waals surface area (Å²) in [5.74, 6) is 1.84. The molecule has 0 unspecified atom stereocenters. The van der Waals surface area contributed by atoms with E-state index in [1.807, 2.05) is 24.3 Å². The van der Waals surface area contributed by atoms with Crippen LogP contribution in [-0.2, 0) is 0 Å². The molecule has 13 rings (SSSR count). The third-order valence-corrected chi connectivity index (χ3v) is 13.1. The maximum atomic E-state index is 6.60. The van der Waals surface area contributed by atoms with Crippen LogP contribution in [0.5, 0.6) is 0 Å². The molecule has 5 heteroatoms. The van der Waals surface area contributed by atoms with E-state index in [1.165, 1.54) is 0 Å². The predicted octanol–water partition coefficient (Wildman–Crippen LogP) is 16.8. The highest BCUT2D eigenvalue weighted by atomic mass is 16.3. The second-order valence-electron chi connectivity index (χ2n) is 17.3. The lowest BCUT2D eigenvalue weighted by Crippen LogP contribution is -2.00. The third-order valence-electron chi connectivity index (χ3n) is 13.1. The Bertz CT molecular complexity index is 3940. The topological polar surface area (TPSA) is 64.7 Å². The number of nitrogens with zero attached hydrogens (tertiary/aromatic N) is 4. The Morgan fingerprint density at radius 3 is 1.28 bits per heavy atom. The van der Waals surface area contributed by atoms with Gasteiger partial charge in [0.05, 0.1) is 11.2 Å². The summed E-state index contributed by atoms with van der Waals surface area (Å²) in [5.41, 5.74) is 16.3. The summed E-state index contributed by atoms with van der Waals surface area (Å²) >= 11 is 0. The van der Waals surface area contributed by atoms with E-state index < -0.39 is 0 Å². The molecule has 69 heavy (non-hydrogen) atoms. The van der Waals surface area contributed by atoms with E-state index in [1.54, 1.807) is 0 Å². The molecule has 0 N–H and O–H groups in total. The highest BCUT2D eigenvalue weighted by molar-refractivity contribution is 6.27. The summed E-state index contributed by atoms with van der Waals surface area (Å²) in [4.78, 5) is 20.7. The molecule has 0 bridgehead atoms. The van der Waals surface area contributed by atoms with Crippen molar-refractivity contribution in [3.05, 3.63) is 243 Å². The van der Waals surface area contributed by atoms with Crippen molar-refractivity contribution < 1.29 is 4.42 Å². The largest absolute Gasteiger partial charge is 0.456 e. The van der Waals surface area contributed by atoms with Gasteiger partial charge in [-0.15, -0.1) is 0 Å². The second kappa shape index (κ2) is 16.8. The van der Waals surface area contributed by atoms with Gasteiger partial charge < -0.3 is 4.42 Å². The van der Waals surface area contributed by atoms with Gasteiger partial charge in [-0.1, -0.05) is 212 Å². The quantitative estimate of drug-likeness (QED) is 0.142. The number of hydrogen-bond acceptors (Lipinski definition) is 5. The van der Waals surface area contributed by atoms with Crippen molar-refractivity contribution in [1.82, 2.24) is 19.9 Å². The monoisotopic (exact) mass is 880 g/mol. The number of hydrogen-bond donors (Lipinski definition) is 0. The Kier molecular flexibility index (Phi) is 9.76. The number of rotatable bonds is 8. The molecule has 5 nitrogen and oxygen atoms in total. The Balaban J connectivity index is 0.894. The molecule has 0 atom stereocenters. The van der Waals surface area contributed by atoms with Gasteiger partial charge in [0.15, 0.2) is 17.5 Å². The normalized spacial score (nSPS) is 11.5. The van der Waals surface area contributed by atoms with E-state index in [0.717, 1.165) is 116 Å². The number of benzene rings is 10. The van der Waals surface area contributed by atoms with Crippen molar-refractivity contribution in [2.24, 2.45) is 0 Å². The molecule has 0 spiro atoms. The molecule has 0 fully saturated rings. The first-order valence-corrected chi connectivity index (χ1v) is 23.2. The van der Waals surface area contributed by atoms with E-state index >= 15 is 0 Å². The van der Waals surface area contributed by atoms with Crippen LogP contribution in [0, 0.1) is 0 Å². The van der Waals surface area contributed by atoms with Crippen molar-refractivity contribution in [3.63, 3.8) is 0 Å². The highest BCUT2D eigenvalue weighted by Gasteiger charge is 2.22. The fourth-order valence-corrected chi connectivity index (χ4v) is 9.76. The van der Waals surface area contributed by atoms with Gasteiger partial charge >= 0.3 is 0 Å². The summed E-state index contributed by atoms with van der Waals surface area (Å²) in [7, 11) is 0. The van der Waals surface area contributed by atoms with Gasteiger partial charge in [0.1, 0.15) is 11.2 Å². The first-order chi connectivity index (χ1) is 34.2. The molecule has 3 aromatic heterocycles. The summed E-state index contributed by atoms with van der Waals surface area (Å²) in [6, 6.07) is 84.5. The average Bonchev–Trinajstić information content (AvgIpc) is 3.81. The molecular formula is C64H40N4O. The summed E-state index contributed by atoms with van der Waals surface area (Å²) < 4.78 is 6.60. The van der Waals surface area contributed by atoms with Crippen molar-refractivity contribution in [3.8, 4) is 89.9 Å². The first-order valence-electron chi connectivity index (χ1n) is 23.2. The first kappa shape index (κ1) is 40.0. The lowest BCUT2D eigenvalue weighted by Gasteiger charge is -2.16. The molecule has 0 saturated carbocycles.